The quantitative estimate of drug-likeness (QED) is 0.792. The molecule has 0 radical (unpaired) electrons. The van der Waals surface area contributed by atoms with Crippen molar-refractivity contribution in [2.45, 2.75) is 52.0 Å². The van der Waals surface area contributed by atoms with Crippen LogP contribution in [0.2, 0.25) is 0 Å². The van der Waals surface area contributed by atoms with Gasteiger partial charge in [-0.25, -0.2) is 0 Å². The lowest BCUT2D eigenvalue weighted by molar-refractivity contribution is -0.134. The first-order valence-electron chi connectivity index (χ1n) is 8.26. The van der Waals surface area contributed by atoms with Gasteiger partial charge in [0.1, 0.15) is 0 Å². The van der Waals surface area contributed by atoms with E-state index in [4.69, 9.17) is 4.74 Å². The van der Waals surface area contributed by atoms with E-state index in [-0.39, 0.29) is 0 Å². The normalized spacial score (nSPS) is 25.8. The lowest BCUT2D eigenvalue weighted by atomic mass is 10.1. The molecule has 0 aromatic heterocycles. The molecule has 0 spiro atoms. The molecule has 0 aliphatic carbocycles. The Morgan fingerprint density at radius 3 is 2.60 bits per heavy atom. The zero-order chi connectivity index (χ0) is 14.4. The van der Waals surface area contributed by atoms with Gasteiger partial charge in [0.25, 0.3) is 0 Å². The van der Waals surface area contributed by atoms with Gasteiger partial charge in [0.05, 0.1) is 13.2 Å². The van der Waals surface area contributed by atoms with Gasteiger partial charge < -0.3 is 9.64 Å². The van der Waals surface area contributed by atoms with Crippen LogP contribution in [0.4, 0.5) is 0 Å². The first-order valence-corrected chi connectivity index (χ1v) is 8.26. The van der Waals surface area contributed by atoms with Gasteiger partial charge in [0.15, 0.2) is 0 Å². The molecule has 4 heteroatoms. The highest BCUT2D eigenvalue weighted by molar-refractivity contribution is 5.76. The first kappa shape index (κ1) is 15.8. The molecule has 1 atom stereocenters. The molecule has 2 heterocycles. The monoisotopic (exact) mass is 282 g/mol. The van der Waals surface area contributed by atoms with Gasteiger partial charge in [0.2, 0.25) is 5.91 Å². The Bertz CT molecular complexity index is 301. The van der Waals surface area contributed by atoms with Gasteiger partial charge in [-0.2, -0.15) is 0 Å². The second kappa shape index (κ2) is 7.99. The summed E-state index contributed by atoms with van der Waals surface area (Å²) in [5.41, 5.74) is 0. The molecule has 2 aliphatic rings. The third-order valence-corrected chi connectivity index (χ3v) is 4.35. The van der Waals surface area contributed by atoms with Gasteiger partial charge in [-0.05, 0) is 18.8 Å². The highest BCUT2D eigenvalue weighted by Gasteiger charge is 2.27. The summed E-state index contributed by atoms with van der Waals surface area (Å²) in [6.45, 7) is 9.97. The number of carbonyl (C=O) groups excluding carboxylic acids is 1. The summed E-state index contributed by atoms with van der Waals surface area (Å²) in [5.74, 6) is 0.815. The highest BCUT2D eigenvalue weighted by Crippen LogP contribution is 2.20. The van der Waals surface area contributed by atoms with Crippen LogP contribution in [0.5, 0.6) is 0 Å². The number of hydrogen-bond donors (Lipinski definition) is 0. The molecule has 2 fully saturated rings. The largest absolute Gasteiger partial charge is 0.379 e. The predicted molar refractivity (Wildman–Crippen MR) is 80.7 cm³/mol. The summed E-state index contributed by atoms with van der Waals surface area (Å²) in [4.78, 5) is 17.1. The molecular weight excluding hydrogens is 252 g/mol. The van der Waals surface area contributed by atoms with Crippen LogP contribution < -0.4 is 0 Å². The van der Waals surface area contributed by atoms with Crippen LogP contribution in [-0.2, 0) is 9.53 Å². The van der Waals surface area contributed by atoms with E-state index in [0.717, 1.165) is 39.4 Å². The van der Waals surface area contributed by atoms with E-state index < -0.39 is 0 Å². The molecule has 0 N–H and O–H groups in total. The highest BCUT2D eigenvalue weighted by atomic mass is 16.5. The minimum atomic E-state index is 0.361. The fourth-order valence-electron chi connectivity index (χ4n) is 3.24. The zero-order valence-corrected chi connectivity index (χ0v) is 13.1. The summed E-state index contributed by atoms with van der Waals surface area (Å²) in [5, 5.41) is 0. The van der Waals surface area contributed by atoms with Crippen molar-refractivity contribution >= 4 is 5.91 Å². The van der Waals surface area contributed by atoms with E-state index in [2.05, 4.69) is 23.6 Å². The number of likely N-dealkylation sites (tertiary alicyclic amines) is 1. The van der Waals surface area contributed by atoms with Gasteiger partial charge in [-0.1, -0.05) is 26.7 Å². The van der Waals surface area contributed by atoms with Crippen LogP contribution in [0.1, 0.15) is 46.0 Å². The van der Waals surface area contributed by atoms with Crippen LogP contribution in [-0.4, -0.2) is 61.1 Å². The van der Waals surface area contributed by atoms with Crippen LogP contribution in [0, 0.1) is 5.92 Å². The van der Waals surface area contributed by atoms with Crippen LogP contribution in [0.25, 0.3) is 0 Å². The molecule has 0 aromatic rings. The molecule has 2 aliphatic heterocycles. The SMILES string of the molecule is CC(C)CC(=O)N1CCCCCC1CN1CCOCC1. The summed E-state index contributed by atoms with van der Waals surface area (Å²) < 4.78 is 5.42. The lowest BCUT2D eigenvalue weighted by Gasteiger charge is -2.36. The molecule has 2 saturated heterocycles. The Morgan fingerprint density at radius 1 is 1.15 bits per heavy atom. The molecule has 20 heavy (non-hydrogen) atoms. The van der Waals surface area contributed by atoms with Crippen molar-refractivity contribution in [3.63, 3.8) is 0 Å². The second-order valence-corrected chi connectivity index (χ2v) is 6.60. The standard InChI is InChI=1S/C16H30N2O2/c1-14(2)12-16(19)18-7-5-3-4-6-15(18)13-17-8-10-20-11-9-17/h14-15H,3-13H2,1-2H3. The van der Waals surface area contributed by atoms with Gasteiger partial charge in [-0.15, -0.1) is 0 Å². The number of rotatable bonds is 4. The molecular formula is C16H30N2O2. The zero-order valence-electron chi connectivity index (χ0n) is 13.1. The summed E-state index contributed by atoms with van der Waals surface area (Å²) in [6.07, 6.45) is 5.57. The van der Waals surface area contributed by atoms with Crippen molar-refractivity contribution in [2.75, 3.05) is 39.4 Å². The maximum atomic E-state index is 12.5. The Balaban J connectivity index is 1.94. The smallest absolute Gasteiger partial charge is 0.223 e. The fraction of sp³-hybridized carbons (Fsp3) is 0.938. The molecule has 4 nitrogen and oxygen atoms in total. The lowest BCUT2D eigenvalue weighted by Crippen LogP contribution is -2.49. The molecule has 0 saturated carbocycles. The van der Waals surface area contributed by atoms with Crippen molar-refractivity contribution in [2.24, 2.45) is 5.92 Å². The number of hydrogen-bond acceptors (Lipinski definition) is 3. The molecule has 0 aromatic carbocycles. The van der Waals surface area contributed by atoms with Crippen LogP contribution in [0.3, 0.4) is 0 Å². The molecule has 2 rings (SSSR count). The number of amides is 1. The maximum Gasteiger partial charge on any atom is 0.223 e. The van der Waals surface area contributed by atoms with E-state index in [1.54, 1.807) is 0 Å². The Kier molecular flexibility index (Phi) is 6.30. The number of morpholine rings is 1. The number of ether oxygens (including phenoxy) is 1. The van der Waals surface area contributed by atoms with Gasteiger partial charge in [-0.3, -0.25) is 9.69 Å². The van der Waals surface area contributed by atoms with Crippen molar-refractivity contribution in [1.82, 2.24) is 9.80 Å². The molecule has 0 bridgehead atoms. The fourth-order valence-corrected chi connectivity index (χ4v) is 3.24. The minimum absolute atomic E-state index is 0.361. The van der Waals surface area contributed by atoms with E-state index in [1.165, 1.54) is 25.7 Å². The Morgan fingerprint density at radius 2 is 1.90 bits per heavy atom. The first-order chi connectivity index (χ1) is 9.66. The van der Waals surface area contributed by atoms with Crippen LogP contribution in [0.15, 0.2) is 0 Å². The third kappa shape index (κ3) is 4.74. The predicted octanol–water partition coefficient (Wildman–Crippen LogP) is 2.14. The summed E-state index contributed by atoms with van der Waals surface area (Å²) >= 11 is 0. The number of nitrogens with zero attached hydrogens (tertiary/aromatic N) is 2. The average Bonchev–Trinajstić information content (AvgIpc) is 2.64. The topological polar surface area (TPSA) is 32.8 Å². The van der Waals surface area contributed by atoms with E-state index in [9.17, 15) is 4.79 Å². The summed E-state index contributed by atoms with van der Waals surface area (Å²) in [7, 11) is 0. The van der Waals surface area contributed by atoms with Crippen molar-refractivity contribution in [1.29, 1.82) is 0 Å². The van der Waals surface area contributed by atoms with E-state index >= 15 is 0 Å². The molecule has 1 unspecified atom stereocenters. The van der Waals surface area contributed by atoms with Crippen molar-refractivity contribution in [3.05, 3.63) is 0 Å². The van der Waals surface area contributed by atoms with E-state index in [1.807, 2.05) is 0 Å². The maximum absolute atomic E-state index is 12.5. The van der Waals surface area contributed by atoms with Crippen molar-refractivity contribution < 1.29 is 9.53 Å². The van der Waals surface area contributed by atoms with Crippen LogP contribution >= 0.6 is 0 Å². The third-order valence-electron chi connectivity index (χ3n) is 4.35. The Labute approximate surface area is 123 Å². The van der Waals surface area contributed by atoms with Crippen molar-refractivity contribution in [3.8, 4) is 0 Å². The van der Waals surface area contributed by atoms with E-state index in [0.29, 0.717) is 24.3 Å². The second-order valence-electron chi connectivity index (χ2n) is 6.60. The number of carbonyl (C=O) groups is 1. The Hall–Kier alpha value is -0.610. The summed E-state index contributed by atoms with van der Waals surface area (Å²) in [6, 6.07) is 0.418. The molecule has 1 amide bonds. The average molecular weight is 282 g/mol. The van der Waals surface area contributed by atoms with Gasteiger partial charge in [0, 0.05) is 38.6 Å². The molecule has 116 valence electrons. The van der Waals surface area contributed by atoms with Gasteiger partial charge >= 0.3 is 0 Å². The minimum Gasteiger partial charge on any atom is -0.379 e.